The van der Waals surface area contributed by atoms with E-state index in [1.54, 1.807) is 23.9 Å². The van der Waals surface area contributed by atoms with Gasteiger partial charge in [-0.15, -0.1) is 11.8 Å². The summed E-state index contributed by atoms with van der Waals surface area (Å²) >= 11 is 1.62. The smallest absolute Gasteiger partial charge is 0.339 e. The van der Waals surface area contributed by atoms with Gasteiger partial charge in [-0.05, 0) is 36.1 Å². The Morgan fingerprint density at radius 1 is 1.13 bits per heavy atom. The van der Waals surface area contributed by atoms with Crippen LogP contribution in [0.1, 0.15) is 15.9 Å². The summed E-state index contributed by atoms with van der Waals surface area (Å²) in [5.74, 6) is -0.685. The third-order valence-corrected chi connectivity index (χ3v) is 5.41. The molecule has 1 N–H and O–H groups in total. The average Bonchev–Trinajstić information content (AvgIpc) is 2.59. The highest BCUT2D eigenvalue weighted by Crippen LogP contribution is 2.18. The van der Waals surface area contributed by atoms with E-state index in [1.807, 2.05) is 30.5 Å². The van der Waals surface area contributed by atoms with E-state index < -0.39 is 16.0 Å². The maximum atomic E-state index is 12.4. The van der Waals surface area contributed by atoms with Gasteiger partial charge in [-0.1, -0.05) is 24.3 Å². The summed E-state index contributed by atoms with van der Waals surface area (Å²) in [6, 6.07) is 13.5. The molecule has 0 fully saturated rings. The molecule has 0 unspecified atom stereocenters. The molecule has 0 amide bonds. The zero-order valence-electron chi connectivity index (χ0n) is 12.8. The van der Waals surface area contributed by atoms with Gasteiger partial charge in [-0.25, -0.2) is 17.9 Å². The molecule has 0 spiro atoms. The van der Waals surface area contributed by atoms with Crippen molar-refractivity contribution in [1.82, 2.24) is 4.72 Å². The van der Waals surface area contributed by atoms with Crippen molar-refractivity contribution in [2.24, 2.45) is 0 Å². The predicted octanol–water partition coefficient (Wildman–Crippen LogP) is 2.67. The van der Waals surface area contributed by atoms with Crippen LogP contribution in [-0.4, -0.2) is 27.8 Å². The van der Waals surface area contributed by atoms with E-state index in [4.69, 9.17) is 0 Å². The van der Waals surface area contributed by atoms with Gasteiger partial charge in [0.2, 0.25) is 10.0 Å². The normalized spacial score (nSPS) is 11.2. The highest BCUT2D eigenvalue weighted by molar-refractivity contribution is 7.98. The van der Waals surface area contributed by atoms with E-state index in [1.165, 1.54) is 19.2 Å². The second kappa shape index (κ2) is 7.63. The minimum absolute atomic E-state index is 0.0141. The zero-order valence-corrected chi connectivity index (χ0v) is 14.4. The number of methoxy groups -OCH3 is 1. The summed E-state index contributed by atoms with van der Waals surface area (Å²) < 4.78 is 32.0. The minimum Gasteiger partial charge on any atom is -0.465 e. The van der Waals surface area contributed by atoms with Crippen LogP contribution in [-0.2, 0) is 21.3 Å². The zero-order chi connectivity index (χ0) is 16.9. The predicted molar refractivity (Wildman–Crippen MR) is 90.0 cm³/mol. The van der Waals surface area contributed by atoms with E-state index in [0.717, 1.165) is 10.5 Å². The molecule has 122 valence electrons. The fraction of sp³-hybridized carbons (Fsp3) is 0.188. The Morgan fingerprint density at radius 3 is 2.39 bits per heavy atom. The fourth-order valence-electron chi connectivity index (χ4n) is 1.98. The Labute approximate surface area is 140 Å². The molecule has 0 heterocycles. The number of carbonyl (C=O) groups excluding carboxylic acids is 1. The van der Waals surface area contributed by atoms with Crippen LogP contribution in [0.3, 0.4) is 0 Å². The molecule has 0 bridgehead atoms. The maximum Gasteiger partial charge on any atom is 0.339 e. The summed E-state index contributed by atoms with van der Waals surface area (Å²) in [5, 5.41) is 0. The van der Waals surface area contributed by atoms with Crippen molar-refractivity contribution in [3.05, 3.63) is 59.7 Å². The number of hydrogen-bond donors (Lipinski definition) is 1. The number of nitrogens with one attached hydrogen (secondary N) is 1. The van der Waals surface area contributed by atoms with Crippen molar-refractivity contribution >= 4 is 27.8 Å². The molecular formula is C16H17NO4S2. The molecule has 0 aliphatic rings. The first-order valence-corrected chi connectivity index (χ1v) is 9.48. The molecular weight excluding hydrogens is 334 g/mol. The van der Waals surface area contributed by atoms with Gasteiger partial charge >= 0.3 is 5.97 Å². The fourth-order valence-corrected chi connectivity index (χ4v) is 3.60. The second-order valence-corrected chi connectivity index (χ2v) is 7.28. The quantitative estimate of drug-likeness (QED) is 0.640. The molecule has 5 nitrogen and oxygen atoms in total. The molecule has 0 saturated carbocycles. The SMILES string of the molecule is COC(=O)c1ccccc1S(=O)(=O)NCc1ccc(SC)cc1. The van der Waals surface area contributed by atoms with Crippen molar-refractivity contribution in [3.8, 4) is 0 Å². The van der Waals surface area contributed by atoms with Crippen LogP contribution >= 0.6 is 11.8 Å². The lowest BCUT2D eigenvalue weighted by Gasteiger charge is -2.10. The largest absolute Gasteiger partial charge is 0.465 e. The Balaban J connectivity index is 2.20. The molecule has 0 aliphatic carbocycles. The van der Waals surface area contributed by atoms with Crippen molar-refractivity contribution in [3.63, 3.8) is 0 Å². The molecule has 0 aromatic heterocycles. The van der Waals surface area contributed by atoms with Gasteiger partial charge in [0.05, 0.1) is 17.6 Å². The lowest BCUT2D eigenvalue weighted by Crippen LogP contribution is -2.25. The number of benzene rings is 2. The first-order valence-electron chi connectivity index (χ1n) is 6.78. The van der Waals surface area contributed by atoms with E-state index in [2.05, 4.69) is 9.46 Å². The van der Waals surface area contributed by atoms with Crippen molar-refractivity contribution in [2.75, 3.05) is 13.4 Å². The number of hydrogen-bond acceptors (Lipinski definition) is 5. The van der Waals surface area contributed by atoms with Crippen molar-refractivity contribution in [1.29, 1.82) is 0 Å². The second-order valence-electron chi connectivity index (χ2n) is 4.66. The van der Waals surface area contributed by atoms with E-state index in [0.29, 0.717) is 0 Å². The first-order chi connectivity index (χ1) is 11.0. The number of ether oxygens (including phenoxy) is 1. The van der Waals surface area contributed by atoms with E-state index >= 15 is 0 Å². The first kappa shape index (κ1) is 17.5. The van der Waals surface area contributed by atoms with Crippen LogP contribution in [0.4, 0.5) is 0 Å². The van der Waals surface area contributed by atoms with Gasteiger partial charge in [0.15, 0.2) is 0 Å². The molecule has 2 rings (SSSR count). The maximum absolute atomic E-state index is 12.4. The van der Waals surface area contributed by atoms with Gasteiger partial charge in [-0.2, -0.15) is 0 Å². The van der Waals surface area contributed by atoms with E-state index in [-0.39, 0.29) is 17.0 Å². The number of esters is 1. The van der Waals surface area contributed by atoms with Crippen LogP contribution in [0.5, 0.6) is 0 Å². The van der Waals surface area contributed by atoms with Crippen LogP contribution in [0.25, 0.3) is 0 Å². The topological polar surface area (TPSA) is 72.5 Å². The van der Waals surface area contributed by atoms with Crippen LogP contribution in [0.2, 0.25) is 0 Å². The molecule has 0 atom stereocenters. The minimum atomic E-state index is -3.82. The average molecular weight is 351 g/mol. The summed E-state index contributed by atoms with van der Waals surface area (Å²) in [4.78, 5) is 12.7. The molecule has 2 aromatic rings. The number of thioether (sulfide) groups is 1. The summed E-state index contributed by atoms with van der Waals surface area (Å²) in [6.07, 6.45) is 1.97. The van der Waals surface area contributed by atoms with Crippen molar-refractivity contribution < 1.29 is 17.9 Å². The third kappa shape index (κ3) is 4.34. The molecule has 0 radical (unpaired) electrons. The van der Waals surface area contributed by atoms with Crippen molar-refractivity contribution in [2.45, 2.75) is 16.3 Å². The highest BCUT2D eigenvalue weighted by atomic mass is 32.2. The molecule has 2 aromatic carbocycles. The van der Waals surface area contributed by atoms with E-state index in [9.17, 15) is 13.2 Å². The lowest BCUT2D eigenvalue weighted by atomic mass is 10.2. The molecule has 23 heavy (non-hydrogen) atoms. The standard InChI is InChI=1S/C16H17NO4S2/c1-21-16(18)14-5-3-4-6-15(14)23(19,20)17-11-12-7-9-13(22-2)10-8-12/h3-10,17H,11H2,1-2H3. The molecule has 0 aliphatic heterocycles. The summed E-state index contributed by atoms with van der Waals surface area (Å²) in [6.45, 7) is 0.145. The van der Waals surface area contributed by atoms with Gasteiger partial charge in [0.1, 0.15) is 0 Å². The lowest BCUT2D eigenvalue weighted by molar-refractivity contribution is 0.0596. The molecule has 7 heteroatoms. The Kier molecular flexibility index (Phi) is 5.81. The Bertz CT molecular complexity index is 786. The van der Waals surface area contributed by atoms with Crippen LogP contribution in [0, 0.1) is 0 Å². The van der Waals surface area contributed by atoms with Gasteiger partial charge in [-0.3, -0.25) is 0 Å². The van der Waals surface area contributed by atoms with Crippen LogP contribution in [0.15, 0.2) is 58.3 Å². The Hall–Kier alpha value is -1.83. The molecule has 0 saturated heterocycles. The summed E-state index contributed by atoms with van der Waals surface area (Å²) in [5.41, 5.74) is 0.849. The number of sulfonamides is 1. The monoisotopic (exact) mass is 351 g/mol. The Morgan fingerprint density at radius 2 is 1.78 bits per heavy atom. The summed E-state index contributed by atoms with van der Waals surface area (Å²) in [7, 11) is -2.60. The van der Waals surface area contributed by atoms with Gasteiger partial charge in [0, 0.05) is 11.4 Å². The van der Waals surface area contributed by atoms with Gasteiger partial charge in [0.25, 0.3) is 0 Å². The highest BCUT2D eigenvalue weighted by Gasteiger charge is 2.22. The third-order valence-electron chi connectivity index (χ3n) is 3.21. The van der Waals surface area contributed by atoms with Gasteiger partial charge < -0.3 is 4.74 Å². The number of carbonyl (C=O) groups is 1. The number of rotatable bonds is 6. The van der Waals surface area contributed by atoms with Crippen LogP contribution < -0.4 is 4.72 Å².